The van der Waals surface area contributed by atoms with E-state index in [0.29, 0.717) is 30.5 Å². The molecule has 0 fully saturated rings. The van der Waals surface area contributed by atoms with Crippen molar-refractivity contribution in [3.63, 3.8) is 0 Å². The van der Waals surface area contributed by atoms with E-state index in [1.165, 1.54) is 23.5 Å². The number of nitrogens with one attached hydrogen (secondary N) is 1. The molecule has 9 heteroatoms. The minimum absolute atomic E-state index is 0.00629. The number of hydrogen-bond acceptors (Lipinski definition) is 6. The third-order valence-electron chi connectivity index (χ3n) is 4.73. The van der Waals surface area contributed by atoms with Crippen LogP contribution >= 0.6 is 11.8 Å². The predicted octanol–water partition coefficient (Wildman–Crippen LogP) is 1.21. The number of benzene rings is 1. The van der Waals surface area contributed by atoms with Crippen LogP contribution in [0.3, 0.4) is 0 Å². The van der Waals surface area contributed by atoms with E-state index >= 15 is 0 Å². The summed E-state index contributed by atoms with van der Waals surface area (Å²) in [7, 11) is 1.57. The Morgan fingerprint density at radius 1 is 1.34 bits per heavy atom. The lowest BCUT2D eigenvalue weighted by Gasteiger charge is -2.29. The molecule has 2 N–H and O–H groups in total. The molecule has 1 aromatic carbocycles. The van der Waals surface area contributed by atoms with Crippen molar-refractivity contribution in [2.75, 3.05) is 37.5 Å². The van der Waals surface area contributed by atoms with E-state index in [0.717, 1.165) is 18.5 Å². The molecular weight excluding hydrogens is 392 g/mol. The van der Waals surface area contributed by atoms with Crippen LogP contribution in [0.5, 0.6) is 0 Å². The summed E-state index contributed by atoms with van der Waals surface area (Å²) in [6.45, 7) is 1.34. The number of methoxy groups -OCH3 is 1. The van der Waals surface area contributed by atoms with Gasteiger partial charge in [0.1, 0.15) is 6.54 Å². The first kappa shape index (κ1) is 21.4. The topological polar surface area (TPSA) is 96.7 Å². The number of ether oxygens (including phenoxy) is 1. The van der Waals surface area contributed by atoms with Gasteiger partial charge < -0.3 is 24.6 Å². The van der Waals surface area contributed by atoms with Crippen molar-refractivity contribution >= 4 is 29.3 Å². The van der Waals surface area contributed by atoms with E-state index in [-0.39, 0.29) is 30.7 Å². The monoisotopic (exact) mass is 418 g/mol. The second-order valence-electron chi connectivity index (χ2n) is 6.69. The zero-order valence-electron chi connectivity index (χ0n) is 16.5. The number of carbonyl (C=O) groups excluding carboxylic acids is 2. The van der Waals surface area contributed by atoms with Gasteiger partial charge in [-0.25, -0.2) is 4.98 Å². The van der Waals surface area contributed by atoms with E-state index < -0.39 is 0 Å². The molecule has 1 aliphatic rings. The number of hydrogen-bond donors (Lipinski definition) is 2. The molecule has 1 aromatic heterocycles. The Hall–Kier alpha value is -2.36. The van der Waals surface area contributed by atoms with E-state index in [1.807, 2.05) is 23.1 Å². The van der Waals surface area contributed by atoms with Crippen LogP contribution in [0, 0.1) is 0 Å². The summed E-state index contributed by atoms with van der Waals surface area (Å²) < 4.78 is 6.57. The fourth-order valence-electron chi connectivity index (χ4n) is 3.29. The van der Waals surface area contributed by atoms with Crippen LogP contribution in [0.25, 0.3) is 0 Å². The van der Waals surface area contributed by atoms with Crippen molar-refractivity contribution in [1.82, 2.24) is 14.9 Å². The second kappa shape index (κ2) is 10.4. The molecular formula is C20H26N4O4S. The van der Waals surface area contributed by atoms with Crippen molar-refractivity contribution in [3.05, 3.63) is 41.7 Å². The molecule has 0 radical (unpaired) electrons. The summed E-state index contributed by atoms with van der Waals surface area (Å²) in [5, 5.41) is 12.8. The van der Waals surface area contributed by atoms with Gasteiger partial charge in [-0.1, -0.05) is 30.0 Å². The van der Waals surface area contributed by atoms with Gasteiger partial charge in [0.25, 0.3) is 0 Å². The maximum absolute atomic E-state index is 12.8. The van der Waals surface area contributed by atoms with Gasteiger partial charge in [0.2, 0.25) is 11.8 Å². The Morgan fingerprint density at radius 2 is 2.17 bits per heavy atom. The quantitative estimate of drug-likeness (QED) is 0.469. The highest BCUT2D eigenvalue weighted by atomic mass is 32.2. The number of fused-ring (bicyclic) bond motifs is 1. The average Bonchev–Trinajstić information content (AvgIpc) is 3.13. The molecule has 1 aliphatic heterocycles. The molecule has 2 heterocycles. The fraction of sp³-hybridized carbons (Fsp3) is 0.450. The van der Waals surface area contributed by atoms with Crippen molar-refractivity contribution in [2.24, 2.45) is 0 Å². The van der Waals surface area contributed by atoms with Gasteiger partial charge in [-0.15, -0.1) is 0 Å². The molecule has 0 aliphatic carbocycles. The van der Waals surface area contributed by atoms with Crippen LogP contribution in [-0.4, -0.2) is 59.0 Å². The summed E-state index contributed by atoms with van der Waals surface area (Å²) >= 11 is 1.27. The number of imidazole rings is 1. The predicted molar refractivity (Wildman–Crippen MR) is 111 cm³/mol. The average molecular weight is 419 g/mol. The van der Waals surface area contributed by atoms with Gasteiger partial charge in [-0.05, 0) is 24.5 Å². The summed E-state index contributed by atoms with van der Waals surface area (Å²) in [5.74, 6) is 0.0151. The van der Waals surface area contributed by atoms with Crippen molar-refractivity contribution in [1.29, 1.82) is 0 Å². The number of aliphatic hydroxyl groups excluding tert-OH is 1. The van der Waals surface area contributed by atoms with Gasteiger partial charge >= 0.3 is 0 Å². The van der Waals surface area contributed by atoms with Gasteiger partial charge in [-0.3, -0.25) is 9.59 Å². The number of rotatable bonds is 9. The van der Waals surface area contributed by atoms with E-state index in [4.69, 9.17) is 4.74 Å². The Morgan fingerprint density at radius 3 is 2.97 bits per heavy atom. The number of aliphatic hydroxyl groups is 1. The highest BCUT2D eigenvalue weighted by molar-refractivity contribution is 7.99. The van der Waals surface area contributed by atoms with Crippen LogP contribution in [0.1, 0.15) is 17.7 Å². The Bertz CT molecular complexity index is 855. The van der Waals surface area contributed by atoms with Crippen molar-refractivity contribution < 1.29 is 19.4 Å². The summed E-state index contributed by atoms with van der Waals surface area (Å²) in [4.78, 5) is 31.1. The molecule has 0 saturated heterocycles. The molecule has 0 unspecified atom stereocenters. The second-order valence-corrected chi connectivity index (χ2v) is 7.63. The zero-order valence-corrected chi connectivity index (χ0v) is 17.3. The summed E-state index contributed by atoms with van der Waals surface area (Å²) in [5.41, 5.74) is 2.69. The molecule has 0 spiro atoms. The third-order valence-corrected chi connectivity index (χ3v) is 5.71. The van der Waals surface area contributed by atoms with Gasteiger partial charge in [0.15, 0.2) is 5.16 Å². The molecule has 156 valence electrons. The number of carbonyl (C=O) groups is 2. The van der Waals surface area contributed by atoms with Gasteiger partial charge in [0, 0.05) is 25.9 Å². The van der Waals surface area contributed by atoms with Gasteiger partial charge in [0.05, 0.1) is 30.9 Å². The summed E-state index contributed by atoms with van der Waals surface area (Å²) in [6.07, 6.45) is 3.46. The van der Waals surface area contributed by atoms with E-state index in [2.05, 4.69) is 16.4 Å². The lowest BCUT2D eigenvalue weighted by Crippen LogP contribution is -2.36. The Balaban J connectivity index is 1.64. The van der Waals surface area contributed by atoms with E-state index in [9.17, 15) is 14.7 Å². The Labute approximate surface area is 174 Å². The maximum atomic E-state index is 12.8. The van der Waals surface area contributed by atoms with Crippen LogP contribution < -0.4 is 10.2 Å². The van der Waals surface area contributed by atoms with Crippen molar-refractivity contribution in [3.8, 4) is 0 Å². The lowest BCUT2D eigenvalue weighted by molar-refractivity contribution is -0.122. The normalized spacial score (nSPS) is 13.2. The molecule has 0 atom stereocenters. The lowest BCUT2D eigenvalue weighted by atomic mass is 10.0. The number of nitrogens with zero attached hydrogens (tertiary/aromatic N) is 3. The molecule has 0 saturated carbocycles. The Kier molecular flexibility index (Phi) is 7.68. The largest absolute Gasteiger partial charge is 0.390 e. The minimum atomic E-state index is -0.230. The first-order valence-electron chi connectivity index (χ1n) is 9.56. The highest BCUT2D eigenvalue weighted by Crippen LogP contribution is 2.28. The van der Waals surface area contributed by atoms with Crippen LogP contribution in [0.15, 0.2) is 35.6 Å². The van der Waals surface area contributed by atoms with E-state index in [1.54, 1.807) is 11.7 Å². The maximum Gasteiger partial charge on any atom is 0.240 e. The van der Waals surface area contributed by atoms with Crippen molar-refractivity contribution in [2.45, 2.75) is 31.1 Å². The molecule has 2 amide bonds. The number of para-hydroxylation sites is 1. The summed E-state index contributed by atoms with van der Waals surface area (Å²) in [6, 6.07) is 7.98. The first-order valence-corrected chi connectivity index (χ1v) is 10.5. The molecule has 8 nitrogen and oxygen atoms in total. The van der Waals surface area contributed by atoms with Crippen LogP contribution in [-0.2, 0) is 33.9 Å². The number of aromatic nitrogens is 2. The van der Waals surface area contributed by atoms with Crippen LogP contribution in [0.2, 0.25) is 0 Å². The number of amides is 2. The highest BCUT2D eigenvalue weighted by Gasteiger charge is 2.23. The minimum Gasteiger partial charge on any atom is -0.390 e. The smallest absolute Gasteiger partial charge is 0.240 e. The molecule has 0 bridgehead atoms. The fourth-order valence-corrected chi connectivity index (χ4v) is 4.16. The van der Waals surface area contributed by atoms with Gasteiger partial charge in [-0.2, -0.15) is 0 Å². The standard InChI is InChI=1S/C20H26N4O4S/c1-28-10-8-21-18(26)12-24-16(13-25)11-22-20(24)29-14-19(27)23-9-4-6-15-5-2-3-7-17(15)23/h2-3,5,7,11,25H,4,6,8-10,12-14H2,1H3,(H,21,26). The first-order chi connectivity index (χ1) is 14.1. The molecule has 29 heavy (non-hydrogen) atoms. The SMILES string of the molecule is COCCNC(=O)Cn1c(CO)cnc1SCC(=O)N1CCCc2ccccc21. The zero-order chi connectivity index (χ0) is 20.6. The number of aryl methyl sites for hydroxylation is 1. The third kappa shape index (κ3) is 5.37. The molecule has 2 aromatic rings. The number of thioether (sulfide) groups is 1. The number of anilines is 1. The van der Waals surface area contributed by atoms with Crippen LogP contribution in [0.4, 0.5) is 5.69 Å². The molecule has 3 rings (SSSR count).